The normalized spacial score (nSPS) is 26.7. The van der Waals surface area contributed by atoms with Gasteiger partial charge in [-0.2, -0.15) is 0 Å². The molecule has 0 aromatic heterocycles. The van der Waals surface area contributed by atoms with Crippen molar-refractivity contribution >= 4 is 5.97 Å². The zero-order chi connectivity index (χ0) is 15.8. The Hall–Kier alpha value is -1.31. The van der Waals surface area contributed by atoms with E-state index in [1.54, 1.807) is 0 Å². The molecule has 3 rings (SSSR count). The fourth-order valence-electron chi connectivity index (χ4n) is 4.83. The zero-order valence-electron chi connectivity index (χ0n) is 13.9. The number of rotatable bonds is 3. The monoisotopic (exact) mass is 300 g/mol. The first-order valence-electron chi connectivity index (χ1n) is 8.77. The minimum atomic E-state index is -0.627. The lowest BCUT2D eigenvalue weighted by Gasteiger charge is -2.38. The number of benzene rings is 1. The minimum Gasteiger partial charge on any atom is -0.481 e. The number of carboxylic acid groups (broad SMARTS) is 1. The van der Waals surface area contributed by atoms with Crippen LogP contribution in [0.3, 0.4) is 0 Å². The standard InChI is InChI=1S/C20H28O2/c1-19(2)11-7-8-15(14-19)16-9-3-4-10-17(16)20(18(21)22)12-5-6-13-20/h3-4,9-10,15H,5-8,11-14H2,1-2H3,(H,21,22). The fraction of sp³-hybridized carbons (Fsp3) is 0.650. The first-order chi connectivity index (χ1) is 10.4. The smallest absolute Gasteiger partial charge is 0.314 e. The van der Waals surface area contributed by atoms with Crippen LogP contribution in [0.25, 0.3) is 0 Å². The van der Waals surface area contributed by atoms with Crippen LogP contribution in [0.4, 0.5) is 0 Å². The maximum Gasteiger partial charge on any atom is 0.314 e. The van der Waals surface area contributed by atoms with E-state index >= 15 is 0 Å². The molecule has 120 valence electrons. The molecule has 1 atom stereocenters. The van der Waals surface area contributed by atoms with Crippen LogP contribution in [-0.2, 0) is 10.2 Å². The van der Waals surface area contributed by atoms with Gasteiger partial charge in [0, 0.05) is 0 Å². The number of carboxylic acids is 1. The highest BCUT2D eigenvalue weighted by molar-refractivity contribution is 5.82. The van der Waals surface area contributed by atoms with Gasteiger partial charge < -0.3 is 5.11 Å². The molecule has 2 aliphatic rings. The van der Waals surface area contributed by atoms with Gasteiger partial charge in [-0.15, -0.1) is 0 Å². The van der Waals surface area contributed by atoms with Crippen molar-refractivity contribution in [2.45, 2.75) is 76.5 Å². The molecule has 0 aliphatic heterocycles. The Labute approximate surface area is 133 Å². The zero-order valence-corrected chi connectivity index (χ0v) is 13.9. The second-order valence-corrected chi connectivity index (χ2v) is 8.14. The van der Waals surface area contributed by atoms with Crippen LogP contribution in [0.2, 0.25) is 0 Å². The Morgan fingerprint density at radius 2 is 1.77 bits per heavy atom. The van der Waals surface area contributed by atoms with E-state index in [0.717, 1.165) is 31.2 Å². The van der Waals surface area contributed by atoms with E-state index in [0.29, 0.717) is 11.3 Å². The van der Waals surface area contributed by atoms with Crippen molar-refractivity contribution in [3.8, 4) is 0 Å². The van der Waals surface area contributed by atoms with Gasteiger partial charge in [0.1, 0.15) is 0 Å². The van der Waals surface area contributed by atoms with Gasteiger partial charge in [0.05, 0.1) is 5.41 Å². The van der Waals surface area contributed by atoms with Gasteiger partial charge in [-0.3, -0.25) is 4.79 Å². The third-order valence-electron chi connectivity index (χ3n) is 5.99. The minimum absolute atomic E-state index is 0.377. The number of hydrogen-bond acceptors (Lipinski definition) is 1. The van der Waals surface area contributed by atoms with Gasteiger partial charge in [-0.25, -0.2) is 0 Å². The van der Waals surface area contributed by atoms with Crippen LogP contribution < -0.4 is 0 Å². The summed E-state index contributed by atoms with van der Waals surface area (Å²) in [5.74, 6) is -0.0932. The van der Waals surface area contributed by atoms with Crippen molar-refractivity contribution in [1.29, 1.82) is 0 Å². The van der Waals surface area contributed by atoms with Crippen molar-refractivity contribution in [2.24, 2.45) is 5.41 Å². The van der Waals surface area contributed by atoms with E-state index in [2.05, 4.69) is 32.0 Å². The van der Waals surface area contributed by atoms with Crippen LogP contribution in [0.1, 0.15) is 82.3 Å². The molecule has 2 fully saturated rings. The third kappa shape index (κ3) is 2.68. The van der Waals surface area contributed by atoms with Crippen molar-refractivity contribution in [3.63, 3.8) is 0 Å². The topological polar surface area (TPSA) is 37.3 Å². The summed E-state index contributed by atoms with van der Waals surface area (Å²) in [7, 11) is 0. The molecule has 0 radical (unpaired) electrons. The second-order valence-electron chi connectivity index (χ2n) is 8.14. The molecule has 2 aliphatic carbocycles. The molecule has 2 nitrogen and oxygen atoms in total. The molecule has 1 aromatic rings. The average Bonchev–Trinajstić information content (AvgIpc) is 2.97. The number of hydrogen-bond donors (Lipinski definition) is 1. The largest absolute Gasteiger partial charge is 0.481 e. The molecule has 0 bridgehead atoms. The molecule has 1 N–H and O–H groups in total. The highest BCUT2D eigenvalue weighted by Crippen LogP contribution is 2.49. The Morgan fingerprint density at radius 3 is 2.41 bits per heavy atom. The Bertz CT molecular complexity index is 553. The molecule has 1 unspecified atom stereocenters. The van der Waals surface area contributed by atoms with Crippen molar-refractivity contribution in [1.82, 2.24) is 0 Å². The van der Waals surface area contributed by atoms with Gasteiger partial charge >= 0.3 is 5.97 Å². The molecule has 2 heteroatoms. The maximum absolute atomic E-state index is 12.1. The molecule has 1 aromatic carbocycles. The lowest BCUT2D eigenvalue weighted by atomic mass is 9.66. The van der Waals surface area contributed by atoms with Crippen molar-refractivity contribution < 1.29 is 9.90 Å². The first-order valence-corrected chi connectivity index (χ1v) is 8.77. The van der Waals surface area contributed by atoms with Crippen LogP contribution in [0, 0.1) is 5.41 Å². The van der Waals surface area contributed by atoms with Crippen molar-refractivity contribution in [3.05, 3.63) is 35.4 Å². The van der Waals surface area contributed by atoms with Gasteiger partial charge in [0.2, 0.25) is 0 Å². The molecule has 0 saturated heterocycles. The van der Waals surface area contributed by atoms with E-state index in [1.165, 1.54) is 31.2 Å². The number of carbonyl (C=O) groups is 1. The predicted octanol–water partition coefficient (Wildman–Crippen LogP) is 5.27. The molecular weight excluding hydrogens is 272 g/mol. The SMILES string of the molecule is CC1(C)CCCC(c2ccccc2C2(C(=O)O)CCCC2)C1. The van der Waals surface area contributed by atoms with E-state index < -0.39 is 11.4 Å². The van der Waals surface area contributed by atoms with E-state index in [9.17, 15) is 9.90 Å². The van der Waals surface area contributed by atoms with E-state index in [1.807, 2.05) is 6.07 Å². The molecule has 2 saturated carbocycles. The van der Waals surface area contributed by atoms with Gasteiger partial charge in [-0.05, 0) is 54.6 Å². The Kier molecular flexibility index (Phi) is 4.05. The van der Waals surface area contributed by atoms with Gasteiger partial charge in [0.25, 0.3) is 0 Å². The van der Waals surface area contributed by atoms with Gasteiger partial charge in [0.15, 0.2) is 0 Å². The number of aliphatic carboxylic acids is 1. The van der Waals surface area contributed by atoms with Crippen LogP contribution in [0.15, 0.2) is 24.3 Å². The van der Waals surface area contributed by atoms with Crippen LogP contribution in [-0.4, -0.2) is 11.1 Å². The second kappa shape index (κ2) is 5.72. The van der Waals surface area contributed by atoms with Crippen molar-refractivity contribution in [2.75, 3.05) is 0 Å². The van der Waals surface area contributed by atoms with Crippen LogP contribution >= 0.6 is 0 Å². The predicted molar refractivity (Wildman–Crippen MR) is 89.2 cm³/mol. The van der Waals surface area contributed by atoms with E-state index in [-0.39, 0.29) is 0 Å². The summed E-state index contributed by atoms with van der Waals surface area (Å²) >= 11 is 0. The van der Waals surface area contributed by atoms with Crippen LogP contribution in [0.5, 0.6) is 0 Å². The summed E-state index contributed by atoms with van der Waals surface area (Å²) in [5, 5.41) is 9.94. The molecule has 0 heterocycles. The lowest BCUT2D eigenvalue weighted by Crippen LogP contribution is -2.34. The Balaban J connectivity index is 2.01. The quantitative estimate of drug-likeness (QED) is 0.826. The summed E-state index contributed by atoms with van der Waals surface area (Å²) < 4.78 is 0. The third-order valence-corrected chi connectivity index (χ3v) is 5.99. The molecule has 22 heavy (non-hydrogen) atoms. The van der Waals surface area contributed by atoms with Gasteiger partial charge in [-0.1, -0.05) is 57.4 Å². The summed E-state index contributed by atoms with van der Waals surface area (Å²) in [4.78, 5) is 12.1. The summed E-state index contributed by atoms with van der Waals surface area (Å²) in [6.07, 6.45) is 8.61. The highest BCUT2D eigenvalue weighted by atomic mass is 16.4. The summed E-state index contributed by atoms with van der Waals surface area (Å²) in [5.41, 5.74) is 2.18. The maximum atomic E-state index is 12.1. The van der Waals surface area contributed by atoms with E-state index in [4.69, 9.17) is 0 Å². The molecule has 0 amide bonds. The highest BCUT2D eigenvalue weighted by Gasteiger charge is 2.45. The fourth-order valence-corrected chi connectivity index (χ4v) is 4.83. The summed E-state index contributed by atoms with van der Waals surface area (Å²) in [6, 6.07) is 8.40. The Morgan fingerprint density at radius 1 is 1.09 bits per heavy atom. The lowest BCUT2D eigenvalue weighted by molar-refractivity contribution is -0.143. The average molecular weight is 300 g/mol. The molecule has 0 spiro atoms. The molecular formula is C20H28O2. The first kappa shape index (κ1) is 15.6. The summed E-state index contributed by atoms with van der Waals surface area (Å²) in [6.45, 7) is 4.70.